The van der Waals surface area contributed by atoms with Crippen LogP contribution in [0.2, 0.25) is 0 Å². The van der Waals surface area contributed by atoms with Crippen LogP contribution >= 0.6 is 0 Å². The van der Waals surface area contributed by atoms with E-state index in [1.807, 2.05) is 32.3 Å². The lowest BCUT2D eigenvalue weighted by Crippen LogP contribution is -2.47. The van der Waals surface area contributed by atoms with Gasteiger partial charge in [0.25, 0.3) is 0 Å². The van der Waals surface area contributed by atoms with Crippen molar-refractivity contribution in [3.63, 3.8) is 0 Å². The zero-order chi connectivity index (χ0) is 18.3. The number of hydrogen-bond donors (Lipinski definition) is 1. The summed E-state index contributed by atoms with van der Waals surface area (Å²) in [5.74, 6) is 0.566. The molecule has 0 radical (unpaired) electrons. The van der Waals surface area contributed by atoms with E-state index >= 15 is 0 Å². The molecule has 5 heteroatoms. The molecular weight excluding hydrogens is 326 g/mol. The van der Waals surface area contributed by atoms with Crippen molar-refractivity contribution in [1.82, 2.24) is 14.9 Å². The van der Waals surface area contributed by atoms with Crippen molar-refractivity contribution in [1.29, 1.82) is 0 Å². The van der Waals surface area contributed by atoms with Crippen LogP contribution in [0, 0.1) is 0 Å². The molecule has 2 aromatic heterocycles. The van der Waals surface area contributed by atoms with E-state index < -0.39 is 5.41 Å². The minimum absolute atomic E-state index is 0.0434. The third-order valence-corrected chi connectivity index (χ3v) is 5.47. The predicted octanol–water partition coefficient (Wildman–Crippen LogP) is 3.42. The highest BCUT2D eigenvalue weighted by atomic mass is 16.5. The molecule has 1 atom stereocenters. The van der Waals surface area contributed by atoms with Crippen molar-refractivity contribution in [3.05, 3.63) is 48.2 Å². The first-order valence-corrected chi connectivity index (χ1v) is 8.92. The van der Waals surface area contributed by atoms with Crippen LogP contribution in [0.3, 0.4) is 0 Å². The van der Waals surface area contributed by atoms with Gasteiger partial charge in [-0.25, -0.2) is 4.98 Å². The van der Waals surface area contributed by atoms with Crippen LogP contribution in [-0.2, 0) is 17.3 Å². The van der Waals surface area contributed by atoms with E-state index in [-0.39, 0.29) is 5.91 Å². The summed E-state index contributed by atoms with van der Waals surface area (Å²) in [6.45, 7) is 2.70. The quantitative estimate of drug-likeness (QED) is 0.788. The van der Waals surface area contributed by atoms with E-state index in [0.717, 1.165) is 41.7 Å². The van der Waals surface area contributed by atoms with Crippen molar-refractivity contribution in [2.24, 2.45) is 7.05 Å². The van der Waals surface area contributed by atoms with Crippen molar-refractivity contribution in [2.75, 3.05) is 13.7 Å². The molecule has 0 aliphatic carbocycles. The fraction of sp³-hybridized carbons (Fsp3) is 0.333. The molecule has 1 aliphatic rings. The third kappa shape index (κ3) is 2.55. The number of rotatable bonds is 3. The Balaban J connectivity index is 1.79. The van der Waals surface area contributed by atoms with Crippen LogP contribution in [0.4, 0.5) is 0 Å². The van der Waals surface area contributed by atoms with Gasteiger partial charge in [-0.2, -0.15) is 0 Å². The Hall–Kier alpha value is -2.82. The average Bonchev–Trinajstić information content (AvgIpc) is 3.04. The van der Waals surface area contributed by atoms with Gasteiger partial charge in [0, 0.05) is 36.4 Å². The second-order valence-electron chi connectivity index (χ2n) is 7.15. The van der Waals surface area contributed by atoms with Crippen molar-refractivity contribution >= 4 is 16.8 Å². The van der Waals surface area contributed by atoms with Gasteiger partial charge in [0.2, 0.25) is 11.8 Å². The van der Waals surface area contributed by atoms with E-state index in [1.54, 1.807) is 7.11 Å². The fourth-order valence-electron chi connectivity index (χ4n) is 3.81. The average molecular weight is 349 g/mol. The maximum atomic E-state index is 12.5. The topological polar surface area (TPSA) is 56.1 Å². The molecule has 26 heavy (non-hydrogen) atoms. The number of amides is 1. The van der Waals surface area contributed by atoms with Gasteiger partial charge in [-0.1, -0.05) is 18.2 Å². The van der Waals surface area contributed by atoms with Crippen LogP contribution in [0.15, 0.2) is 42.6 Å². The maximum absolute atomic E-state index is 12.5. The molecule has 5 nitrogen and oxygen atoms in total. The third-order valence-electron chi connectivity index (χ3n) is 5.47. The molecule has 1 N–H and O–H groups in total. The zero-order valence-corrected chi connectivity index (χ0v) is 15.4. The van der Waals surface area contributed by atoms with Crippen molar-refractivity contribution in [2.45, 2.75) is 25.2 Å². The number of aryl methyl sites for hydroxylation is 1. The van der Waals surface area contributed by atoms with E-state index in [1.165, 1.54) is 5.39 Å². The van der Waals surface area contributed by atoms with Gasteiger partial charge in [0.1, 0.15) is 0 Å². The first-order valence-electron chi connectivity index (χ1n) is 8.92. The number of piperidine rings is 1. The first-order chi connectivity index (χ1) is 12.5. The van der Waals surface area contributed by atoms with Gasteiger partial charge >= 0.3 is 0 Å². The van der Waals surface area contributed by atoms with Gasteiger partial charge < -0.3 is 14.6 Å². The van der Waals surface area contributed by atoms with Crippen LogP contribution in [0.25, 0.3) is 22.2 Å². The summed E-state index contributed by atoms with van der Waals surface area (Å²) < 4.78 is 7.67. The summed E-state index contributed by atoms with van der Waals surface area (Å²) in [4.78, 5) is 17.2. The molecule has 1 unspecified atom stereocenters. The summed E-state index contributed by atoms with van der Waals surface area (Å²) in [6.07, 6.45) is 3.80. The Morgan fingerprint density at radius 3 is 2.85 bits per heavy atom. The predicted molar refractivity (Wildman–Crippen MR) is 102 cm³/mol. The molecule has 0 saturated carbocycles. The Morgan fingerprint density at radius 2 is 2.08 bits per heavy atom. The largest absolute Gasteiger partial charge is 0.481 e. The van der Waals surface area contributed by atoms with Gasteiger partial charge in [-0.15, -0.1) is 0 Å². The molecule has 4 rings (SSSR count). The lowest BCUT2D eigenvalue weighted by Gasteiger charge is -2.33. The monoisotopic (exact) mass is 349 g/mol. The van der Waals surface area contributed by atoms with E-state index in [9.17, 15) is 4.79 Å². The Labute approximate surface area is 153 Å². The van der Waals surface area contributed by atoms with E-state index in [4.69, 9.17) is 9.72 Å². The number of methoxy groups -OCH3 is 1. The summed E-state index contributed by atoms with van der Waals surface area (Å²) in [5.41, 5.74) is 3.28. The van der Waals surface area contributed by atoms with Crippen LogP contribution in [0.1, 0.15) is 25.3 Å². The number of fused-ring (bicyclic) bond motifs is 1. The highest BCUT2D eigenvalue weighted by Crippen LogP contribution is 2.38. The maximum Gasteiger partial charge on any atom is 0.230 e. The second kappa shape index (κ2) is 6.16. The normalized spacial score (nSPS) is 20.2. The summed E-state index contributed by atoms with van der Waals surface area (Å²) in [6, 6.07) is 12.4. The highest BCUT2D eigenvalue weighted by Gasteiger charge is 2.40. The van der Waals surface area contributed by atoms with Crippen LogP contribution < -0.4 is 10.1 Å². The molecule has 1 aromatic carbocycles. The number of ether oxygens (including phenoxy) is 1. The molecular formula is C21H23N3O2. The Morgan fingerprint density at radius 1 is 1.23 bits per heavy atom. The molecule has 1 amide bonds. The molecule has 134 valence electrons. The standard InChI is InChI=1S/C21H23N3O2/c1-21(10-4-11-22-20(21)25)16-7-8-17(23-19(16)26-3)15-6-5-14-9-12-24(2)18(14)13-15/h5-9,12-13H,4,10-11H2,1-3H3,(H,22,25). The van der Waals surface area contributed by atoms with Gasteiger partial charge in [-0.05, 0) is 43.4 Å². The summed E-state index contributed by atoms with van der Waals surface area (Å²) in [5, 5.41) is 4.17. The number of nitrogens with one attached hydrogen (secondary N) is 1. The number of pyridine rings is 1. The highest BCUT2D eigenvalue weighted by molar-refractivity contribution is 5.89. The molecule has 3 aromatic rings. The summed E-state index contributed by atoms with van der Waals surface area (Å²) >= 11 is 0. The lowest BCUT2D eigenvalue weighted by molar-refractivity contribution is -0.128. The van der Waals surface area contributed by atoms with E-state index in [0.29, 0.717) is 5.88 Å². The zero-order valence-electron chi connectivity index (χ0n) is 15.4. The molecule has 0 bridgehead atoms. The number of carbonyl (C=O) groups excluding carboxylic acids is 1. The number of hydrogen-bond acceptors (Lipinski definition) is 3. The summed E-state index contributed by atoms with van der Waals surface area (Å²) in [7, 11) is 3.64. The fourth-order valence-corrected chi connectivity index (χ4v) is 3.81. The molecule has 1 saturated heterocycles. The number of nitrogens with zero attached hydrogens (tertiary/aromatic N) is 2. The van der Waals surface area contributed by atoms with Crippen LogP contribution in [0.5, 0.6) is 5.88 Å². The molecule has 1 aliphatic heterocycles. The Kier molecular flexibility index (Phi) is 3.94. The molecule has 3 heterocycles. The first kappa shape index (κ1) is 16.6. The van der Waals surface area contributed by atoms with Crippen LogP contribution in [-0.4, -0.2) is 29.1 Å². The molecule has 0 spiro atoms. The molecule has 1 fully saturated rings. The second-order valence-corrected chi connectivity index (χ2v) is 7.15. The minimum Gasteiger partial charge on any atom is -0.481 e. The minimum atomic E-state index is -0.600. The van der Waals surface area contributed by atoms with Gasteiger partial charge in [0.15, 0.2) is 0 Å². The number of benzene rings is 1. The number of carbonyl (C=O) groups is 1. The van der Waals surface area contributed by atoms with Gasteiger partial charge in [-0.3, -0.25) is 4.79 Å². The van der Waals surface area contributed by atoms with Crippen molar-refractivity contribution in [3.8, 4) is 17.1 Å². The van der Waals surface area contributed by atoms with Gasteiger partial charge in [0.05, 0.1) is 18.2 Å². The number of aromatic nitrogens is 2. The van der Waals surface area contributed by atoms with Crippen molar-refractivity contribution < 1.29 is 9.53 Å². The Bertz CT molecular complexity index is 992. The van der Waals surface area contributed by atoms with E-state index in [2.05, 4.69) is 34.1 Å². The smallest absolute Gasteiger partial charge is 0.230 e. The SMILES string of the molecule is COc1nc(-c2ccc3ccn(C)c3c2)ccc1C1(C)CCCNC1=O. The lowest BCUT2D eigenvalue weighted by atomic mass is 9.76.